The third-order valence-corrected chi connectivity index (χ3v) is 6.98. The third-order valence-electron chi connectivity index (χ3n) is 6.22. The van der Waals surface area contributed by atoms with E-state index in [1.54, 1.807) is 57.2 Å². The maximum absolute atomic E-state index is 15.0. The molecule has 2 atom stereocenters. The second-order valence-electron chi connectivity index (χ2n) is 10.7. The van der Waals surface area contributed by atoms with Crippen LogP contribution in [-0.2, 0) is 26.0 Å². The van der Waals surface area contributed by atoms with E-state index in [1.165, 1.54) is 6.07 Å². The number of nitrogens with one attached hydrogen (secondary N) is 2. The Balaban J connectivity index is 1.75. The van der Waals surface area contributed by atoms with Crippen molar-refractivity contribution in [3.05, 3.63) is 53.8 Å². The number of benzene rings is 2. The van der Waals surface area contributed by atoms with Crippen LogP contribution in [-0.4, -0.2) is 56.6 Å². The predicted molar refractivity (Wildman–Crippen MR) is 141 cm³/mol. The zero-order valence-electron chi connectivity index (χ0n) is 22.0. The highest BCUT2D eigenvalue weighted by atomic mass is 32.2. The first-order valence-electron chi connectivity index (χ1n) is 12.4. The molecule has 1 fully saturated rings. The summed E-state index contributed by atoms with van der Waals surface area (Å²) in [6.07, 6.45) is 1.45. The molecule has 11 heteroatoms. The molecule has 3 rings (SSSR count). The maximum Gasteiger partial charge on any atom is 0.407 e. The van der Waals surface area contributed by atoms with Crippen molar-refractivity contribution in [3.63, 3.8) is 0 Å². The predicted octanol–water partition coefficient (Wildman–Crippen LogP) is 4.11. The number of carbonyl (C=O) groups excluding carboxylic acids is 1. The molecule has 1 amide bonds. The standard InChI is InChI=1S/C27H35FN2O7S/c1-26(2,3)37-25(33)29-13-14-36-23-8-6-5-7-20(23)21-15-18(9-10-22(21)28)16-27(24(31)32)12-11-19(17-27)30-38(4,34)35/h5-10,15,19,30H,11-14,16-17H2,1-4H3,(H,29,33)(H,31,32)/t19-,27+/m0/s1. The zero-order chi connectivity index (χ0) is 28.1. The van der Waals surface area contributed by atoms with Crippen molar-refractivity contribution in [2.24, 2.45) is 5.41 Å². The van der Waals surface area contributed by atoms with E-state index in [0.29, 0.717) is 29.7 Å². The molecule has 208 valence electrons. The number of hydrogen-bond donors (Lipinski definition) is 3. The minimum Gasteiger partial charge on any atom is -0.491 e. The molecule has 0 unspecified atom stereocenters. The minimum absolute atomic E-state index is 0.119. The van der Waals surface area contributed by atoms with Gasteiger partial charge in [-0.15, -0.1) is 0 Å². The summed E-state index contributed by atoms with van der Waals surface area (Å²) in [5, 5.41) is 12.6. The van der Waals surface area contributed by atoms with Crippen LogP contribution in [0.2, 0.25) is 0 Å². The zero-order valence-corrected chi connectivity index (χ0v) is 22.9. The molecular formula is C27H35FN2O7S. The summed E-state index contributed by atoms with van der Waals surface area (Å²) in [6, 6.07) is 10.9. The van der Waals surface area contributed by atoms with Crippen LogP contribution in [0.5, 0.6) is 5.75 Å². The number of alkyl carbamates (subject to hydrolysis) is 1. The van der Waals surface area contributed by atoms with Crippen molar-refractivity contribution in [1.82, 2.24) is 10.0 Å². The highest BCUT2D eigenvalue weighted by molar-refractivity contribution is 7.88. The van der Waals surface area contributed by atoms with Crippen LogP contribution in [0.15, 0.2) is 42.5 Å². The van der Waals surface area contributed by atoms with Gasteiger partial charge in [0, 0.05) is 17.2 Å². The molecule has 0 saturated heterocycles. The van der Waals surface area contributed by atoms with Crippen molar-refractivity contribution in [1.29, 1.82) is 0 Å². The van der Waals surface area contributed by atoms with Gasteiger partial charge in [0.15, 0.2) is 0 Å². The fourth-order valence-electron chi connectivity index (χ4n) is 4.68. The second kappa shape index (κ2) is 11.7. The van der Waals surface area contributed by atoms with Crippen molar-refractivity contribution >= 4 is 22.1 Å². The first-order valence-corrected chi connectivity index (χ1v) is 14.2. The lowest BCUT2D eigenvalue weighted by Crippen LogP contribution is -2.36. The Hall–Kier alpha value is -3.18. The van der Waals surface area contributed by atoms with E-state index in [4.69, 9.17) is 9.47 Å². The topological polar surface area (TPSA) is 131 Å². The minimum atomic E-state index is -3.47. The molecule has 2 aromatic carbocycles. The first-order chi connectivity index (χ1) is 17.7. The smallest absolute Gasteiger partial charge is 0.407 e. The van der Waals surface area contributed by atoms with E-state index < -0.39 is 45.0 Å². The van der Waals surface area contributed by atoms with Gasteiger partial charge in [-0.1, -0.05) is 24.3 Å². The molecule has 0 radical (unpaired) electrons. The van der Waals surface area contributed by atoms with E-state index in [-0.39, 0.29) is 31.6 Å². The van der Waals surface area contributed by atoms with Crippen LogP contribution in [0.3, 0.4) is 0 Å². The molecule has 1 saturated carbocycles. The molecule has 38 heavy (non-hydrogen) atoms. The molecule has 1 aliphatic carbocycles. The quantitative estimate of drug-likeness (QED) is 0.380. The van der Waals surface area contributed by atoms with E-state index in [9.17, 15) is 27.5 Å². The van der Waals surface area contributed by atoms with E-state index >= 15 is 0 Å². The van der Waals surface area contributed by atoms with Gasteiger partial charge in [-0.2, -0.15) is 0 Å². The summed E-state index contributed by atoms with van der Waals surface area (Å²) in [6.45, 7) is 5.58. The molecule has 0 aromatic heterocycles. The monoisotopic (exact) mass is 550 g/mol. The number of sulfonamides is 1. The Bertz CT molecular complexity index is 1280. The normalized spacial score (nSPS) is 19.7. The number of carboxylic acids is 1. The highest BCUT2D eigenvalue weighted by Gasteiger charge is 2.46. The van der Waals surface area contributed by atoms with Crippen molar-refractivity contribution in [3.8, 4) is 16.9 Å². The number of amides is 1. The SMILES string of the molecule is CC(C)(C)OC(=O)NCCOc1ccccc1-c1cc(C[C@]2(C(=O)O)CC[C@H](NS(C)(=O)=O)C2)ccc1F. The number of rotatable bonds is 10. The Morgan fingerprint density at radius 3 is 2.53 bits per heavy atom. The molecule has 9 nitrogen and oxygen atoms in total. The first kappa shape index (κ1) is 29.4. The van der Waals surface area contributed by atoms with Crippen molar-refractivity contribution in [2.45, 2.75) is 58.1 Å². The summed E-state index contributed by atoms with van der Waals surface area (Å²) in [7, 11) is -3.47. The van der Waals surface area contributed by atoms with Gasteiger partial charge in [-0.05, 0) is 70.2 Å². The number of para-hydroxylation sites is 1. The number of carboxylic acid groups (broad SMARTS) is 1. The van der Waals surface area contributed by atoms with E-state index in [2.05, 4.69) is 10.0 Å². The van der Waals surface area contributed by atoms with Crippen LogP contribution in [0, 0.1) is 11.2 Å². The Labute approximate surface area is 222 Å². The third kappa shape index (κ3) is 8.16. The van der Waals surface area contributed by atoms with Crippen LogP contribution < -0.4 is 14.8 Å². The summed E-state index contributed by atoms with van der Waals surface area (Å²) in [4.78, 5) is 24.1. The summed E-state index contributed by atoms with van der Waals surface area (Å²) in [5.74, 6) is -1.10. The van der Waals surface area contributed by atoms with Crippen LogP contribution in [0.4, 0.5) is 9.18 Å². The average molecular weight is 551 g/mol. The average Bonchev–Trinajstić information content (AvgIpc) is 3.19. The van der Waals surface area contributed by atoms with Gasteiger partial charge < -0.3 is 19.9 Å². The number of aliphatic carboxylic acids is 1. The van der Waals surface area contributed by atoms with E-state index in [1.807, 2.05) is 0 Å². The summed E-state index contributed by atoms with van der Waals surface area (Å²) < 4.78 is 51.8. The van der Waals surface area contributed by atoms with Gasteiger partial charge >= 0.3 is 12.1 Å². The molecule has 1 aliphatic rings. The Morgan fingerprint density at radius 1 is 1.16 bits per heavy atom. The summed E-state index contributed by atoms with van der Waals surface area (Å²) >= 11 is 0. The molecule has 0 bridgehead atoms. The molecular weight excluding hydrogens is 515 g/mol. The Morgan fingerprint density at radius 2 is 1.87 bits per heavy atom. The molecule has 2 aromatic rings. The lowest BCUT2D eigenvalue weighted by molar-refractivity contribution is -0.148. The van der Waals surface area contributed by atoms with Gasteiger partial charge in [0.25, 0.3) is 0 Å². The lowest BCUT2D eigenvalue weighted by Gasteiger charge is -2.25. The van der Waals surface area contributed by atoms with Gasteiger partial charge in [0.2, 0.25) is 10.0 Å². The fraction of sp³-hybridized carbons (Fsp3) is 0.481. The van der Waals surface area contributed by atoms with Crippen LogP contribution in [0.1, 0.15) is 45.6 Å². The van der Waals surface area contributed by atoms with Gasteiger partial charge in [0.05, 0.1) is 18.2 Å². The highest BCUT2D eigenvalue weighted by Crippen LogP contribution is 2.42. The number of hydrogen-bond acceptors (Lipinski definition) is 6. The molecule has 3 N–H and O–H groups in total. The van der Waals surface area contributed by atoms with Gasteiger partial charge in [0.1, 0.15) is 23.8 Å². The van der Waals surface area contributed by atoms with Crippen LogP contribution in [0.25, 0.3) is 11.1 Å². The van der Waals surface area contributed by atoms with Gasteiger partial charge in [-0.25, -0.2) is 22.3 Å². The fourth-order valence-corrected chi connectivity index (χ4v) is 5.49. The van der Waals surface area contributed by atoms with Crippen LogP contribution >= 0.6 is 0 Å². The van der Waals surface area contributed by atoms with E-state index in [0.717, 1.165) is 6.26 Å². The molecule has 0 spiro atoms. The maximum atomic E-state index is 15.0. The second-order valence-corrected chi connectivity index (χ2v) is 12.5. The van der Waals surface area contributed by atoms with Gasteiger partial charge in [-0.3, -0.25) is 4.79 Å². The Kier molecular flexibility index (Phi) is 9.04. The largest absolute Gasteiger partial charge is 0.491 e. The number of carbonyl (C=O) groups is 2. The molecule has 0 aliphatic heterocycles. The number of halogens is 1. The summed E-state index contributed by atoms with van der Waals surface area (Å²) in [5.41, 5.74) is -0.437. The van der Waals surface area contributed by atoms with Crippen molar-refractivity contribution in [2.75, 3.05) is 19.4 Å². The van der Waals surface area contributed by atoms with Crippen molar-refractivity contribution < 1.29 is 37.0 Å². The lowest BCUT2D eigenvalue weighted by atomic mass is 9.79. The number of ether oxygens (including phenoxy) is 2. The molecule has 0 heterocycles.